The molecule has 1 atom stereocenters. The van der Waals surface area contributed by atoms with Crippen molar-refractivity contribution in [1.82, 2.24) is 5.32 Å². The number of halogens is 2. The highest BCUT2D eigenvalue weighted by Gasteiger charge is 2.04. The second-order valence-electron chi connectivity index (χ2n) is 2.16. The standard InChI is InChI=1S/C6H13F2NS/c1-5(4-10-2)9-3-6(7)8/h5-6,9H,3-4H2,1-2H3. The topological polar surface area (TPSA) is 12.0 Å². The zero-order valence-corrected chi connectivity index (χ0v) is 7.05. The number of thioether (sulfide) groups is 1. The molecule has 0 saturated carbocycles. The van der Waals surface area contributed by atoms with E-state index in [0.29, 0.717) is 0 Å². The van der Waals surface area contributed by atoms with Crippen molar-refractivity contribution in [2.75, 3.05) is 18.6 Å². The Balaban J connectivity index is 3.12. The van der Waals surface area contributed by atoms with E-state index in [-0.39, 0.29) is 12.6 Å². The van der Waals surface area contributed by atoms with Crippen LogP contribution in [0.5, 0.6) is 0 Å². The van der Waals surface area contributed by atoms with E-state index >= 15 is 0 Å². The van der Waals surface area contributed by atoms with Gasteiger partial charge in [-0.3, -0.25) is 0 Å². The van der Waals surface area contributed by atoms with Crippen LogP contribution in [0.25, 0.3) is 0 Å². The summed E-state index contributed by atoms with van der Waals surface area (Å²) in [5.74, 6) is 0.882. The highest BCUT2D eigenvalue weighted by molar-refractivity contribution is 7.98. The average Bonchev–Trinajstić information content (AvgIpc) is 1.85. The molecule has 1 unspecified atom stereocenters. The molecule has 4 heteroatoms. The van der Waals surface area contributed by atoms with E-state index in [1.54, 1.807) is 11.8 Å². The van der Waals surface area contributed by atoms with Gasteiger partial charge in [0, 0.05) is 11.8 Å². The summed E-state index contributed by atoms with van der Waals surface area (Å²) in [6.45, 7) is 1.71. The monoisotopic (exact) mass is 169 g/mol. The summed E-state index contributed by atoms with van der Waals surface area (Å²) in [4.78, 5) is 0. The zero-order valence-electron chi connectivity index (χ0n) is 6.23. The molecule has 0 bridgehead atoms. The first-order valence-electron chi connectivity index (χ1n) is 3.17. The number of rotatable bonds is 5. The van der Waals surface area contributed by atoms with Crippen molar-refractivity contribution in [3.8, 4) is 0 Å². The van der Waals surface area contributed by atoms with Gasteiger partial charge in [0.1, 0.15) is 0 Å². The van der Waals surface area contributed by atoms with Crippen molar-refractivity contribution in [2.24, 2.45) is 0 Å². The van der Waals surface area contributed by atoms with Crippen LogP contribution < -0.4 is 5.32 Å². The van der Waals surface area contributed by atoms with Crippen molar-refractivity contribution in [2.45, 2.75) is 19.4 Å². The molecule has 62 valence electrons. The van der Waals surface area contributed by atoms with Crippen LogP contribution in [0.1, 0.15) is 6.92 Å². The molecule has 0 amide bonds. The maximum absolute atomic E-state index is 11.6. The Kier molecular flexibility index (Phi) is 6.02. The molecule has 10 heavy (non-hydrogen) atoms. The number of hydrogen-bond donors (Lipinski definition) is 1. The Morgan fingerprint density at radius 1 is 1.50 bits per heavy atom. The second kappa shape index (κ2) is 5.92. The van der Waals surface area contributed by atoms with Crippen molar-refractivity contribution >= 4 is 11.8 Å². The molecule has 0 aliphatic heterocycles. The first-order chi connectivity index (χ1) is 4.66. The molecule has 0 spiro atoms. The lowest BCUT2D eigenvalue weighted by Gasteiger charge is -2.10. The summed E-state index contributed by atoms with van der Waals surface area (Å²) in [5, 5.41) is 2.71. The summed E-state index contributed by atoms with van der Waals surface area (Å²) >= 11 is 1.65. The Bertz CT molecular complexity index is 80.1. The van der Waals surface area contributed by atoms with Crippen molar-refractivity contribution in [3.63, 3.8) is 0 Å². The third kappa shape index (κ3) is 6.29. The lowest BCUT2D eigenvalue weighted by Crippen LogP contribution is -2.32. The van der Waals surface area contributed by atoms with Crippen LogP contribution >= 0.6 is 11.8 Å². The fourth-order valence-electron chi connectivity index (χ4n) is 0.599. The van der Waals surface area contributed by atoms with Crippen LogP contribution in [0.4, 0.5) is 8.78 Å². The summed E-state index contributed by atoms with van der Waals surface area (Å²) in [5.41, 5.74) is 0. The first-order valence-corrected chi connectivity index (χ1v) is 4.56. The molecule has 1 nitrogen and oxygen atoms in total. The molecule has 0 saturated heterocycles. The minimum absolute atomic E-state index is 0.184. The quantitative estimate of drug-likeness (QED) is 0.670. The molecule has 0 rings (SSSR count). The van der Waals surface area contributed by atoms with Crippen LogP contribution in [0, 0.1) is 0 Å². The Hall–Kier alpha value is 0.170. The Morgan fingerprint density at radius 2 is 2.10 bits per heavy atom. The van der Waals surface area contributed by atoms with E-state index in [0.717, 1.165) is 5.75 Å². The minimum atomic E-state index is -2.23. The van der Waals surface area contributed by atoms with Crippen molar-refractivity contribution < 1.29 is 8.78 Å². The molecular weight excluding hydrogens is 156 g/mol. The van der Waals surface area contributed by atoms with Gasteiger partial charge in [0.15, 0.2) is 0 Å². The van der Waals surface area contributed by atoms with Gasteiger partial charge < -0.3 is 5.32 Å². The van der Waals surface area contributed by atoms with Crippen LogP contribution in [0.2, 0.25) is 0 Å². The van der Waals surface area contributed by atoms with Crippen LogP contribution in [-0.2, 0) is 0 Å². The van der Waals surface area contributed by atoms with Crippen LogP contribution in [0.3, 0.4) is 0 Å². The van der Waals surface area contributed by atoms with Crippen LogP contribution in [-0.4, -0.2) is 31.0 Å². The maximum atomic E-state index is 11.6. The second-order valence-corrected chi connectivity index (χ2v) is 3.07. The molecule has 0 fully saturated rings. The maximum Gasteiger partial charge on any atom is 0.250 e. The van der Waals surface area contributed by atoms with E-state index < -0.39 is 6.43 Å². The fourth-order valence-corrected chi connectivity index (χ4v) is 1.22. The Labute approximate surface area is 64.6 Å². The molecule has 0 radical (unpaired) electrons. The Morgan fingerprint density at radius 3 is 2.50 bits per heavy atom. The predicted molar refractivity (Wildman–Crippen MR) is 41.9 cm³/mol. The van der Waals surface area contributed by atoms with Gasteiger partial charge in [0.05, 0.1) is 6.54 Å². The number of hydrogen-bond acceptors (Lipinski definition) is 2. The van der Waals surface area contributed by atoms with Gasteiger partial charge in [0.25, 0.3) is 6.43 Å². The van der Waals surface area contributed by atoms with Gasteiger partial charge in [-0.05, 0) is 13.2 Å². The van der Waals surface area contributed by atoms with Gasteiger partial charge in [-0.15, -0.1) is 0 Å². The van der Waals surface area contributed by atoms with Gasteiger partial charge in [-0.1, -0.05) is 0 Å². The lowest BCUT2D eigenvalue weighted by atomic mass is 10.4. The summed E-state index contributed by atoms with van der Waals surface area (Å²) in [6.07, 6.45) is -0.273. The summed E-state index contributed by atoms with van der Waals surface area (Å²) in [7, 11) is 0. The summed E-state index contributed by atoms with van der Waals surface area (Å²) < 4.78 is 23.1. The minimum Gasteiger partial charge on any atom is -0.308 e. The molecule has 0 aromatic heterocycles. The number of alkyl halides is 2. The van der Waals surface area contributed by atoms with Crippen molar-refractivity contribution in [3.05, 3.63) is 0 Å². The first kappa shape index (κ1) is 10.2. The molecule has 0 aliphatic carbocycles. The fraction of sp³-hybridized carbons (Fsp3) is 1.00. The highest BCUT2D eigenvalue weighted by Crippen LogP contribution is 1.97. The van der Waals surface area contributed by atoms with Crippen molar-refractivity contribution in [1.29, 1.82) is 0 Å². The molecular formula is C6H13F2NS. The molecule has 0 aliphatic rings. The molecule has 1 N–H and O–H groups in total. The number of nitrogens with one attached hydrogen (secondary N) is 1. The molecule has 0 heterocycles. The average molecular weight is 169 g/mol. The normalized spacial score (nSPS) is 14.1. The van der Waals surface area contributed by atoms with Gasteiger partial charge in [-0.25, -0.2) is 8.78 Å². The largest absolute Gasteiger partial charge is 0.308 e. The summed E-state index contributed by atoms with van der Waals surface area (Å²) in [6, 6.07) is 0.184. The predicted octanol–water partition coefficient (Wildman–Crippen LogP) is 1.59. The SMILES string of the molecule is CSCC(C)NCC(F)F. The highest BCUT2D eigenvalue weighted by atomic mass is 32.2. The zero-order chi connectivity index (χ0) is 7.98. The third-order valence-corrected chi connectivity index (χ3v) is 1.87. The van der Waals surface area contributed by atoms with Gasteiger partial charge >= 0.3 is 0 Å². The third-order valence-electron chi connectivity index (χ3n) is 1.04. The van der Waals surface area contributed by atoms with E-state index in [1.807, 2.05) is 13.2 Å². The van der Waals surface area contributed by atoms with Gasteiger partial charge in [0.2, 0.25) is 0 Å². The van der Waals surface area contributed by atoms with E-state index in [2.05, 4.69) is 5.32 Å². The van der Waals surface area contributed by atoms with E-state index in [4.69, 9.17) is 0 Å². The van der Waals surface area contributed by atoms with E-state index in [9.17, 15) is 8.78 Å². The van der Waals surface area contributed by atoms with E-state index in [1.165, 1.54) is 0 Å². The molecule has 0 aromatic rings. The lowest BCUT2D eigenvalue weighted by molar-refractivity contribution is 0.143. The van der Waals surface area contributed by atoms with Gasteiger partial charge in [-0.2, -0.15) is 11.8 Å². The smallest absolute Gasteiger partial charge is 0.250 e. The molecule has 0 aromatic carbocycles. The van der Waals surface area contributed by atoms with Crippen LogP contribution in [0.15, 0.2) is 0 Å².